The molecule has 0 amide bonds. The molecule has 1 fully saturated rings. The zero-order valence-corrected chi connectivity index (χ0v) is 3.47. The van der Waals surface area contributed by atoms with E-state index in [9.17, 15) is 0 Å². The summed E-state index contributed by atoms with van der Waals surface area (Å²) in [6.45, 7) is 1.82. The summed E-state index contributed by atoms with van der Waals surface area (Å²) >= 11 is 0. The van der Waals surface area contributed by atoms with Crippen LogP contribution in [0.5, 0.6) is 0 Å². The van der Waals surface area contributed by atoms with Crippen LogP contribution in [-0.2, 0) is 9.78 Å². The average molecular weight is 90.1 g/mol. The highest BCUT2D eigenvalue weighted by Crippen LogP contribution is 2.15. The van der Waals surface area contributed by atoms with Crippen molar-refractivity contribution in [2.24, 2.45) is 0 Å². The highest BCUT2D eigenvalue weighted by Gasteiger charge is 2.32. The first-order valence-electron chi connectivity index (χ1n) is 1.74. The Balaban J connectivity index is 2.31. The van der Waals surface area contributed by atoms with Crippen LogP contribution in [0.15, 0.2) is 0 Å². The smallest absolute Gasteiger partial charge is 0.223 e. The van der Waals surface area contributed by atoms with Gasteiger partial charge >= 0.3 is 0 Å². The maximum atomic E-state index is 8.57. The molecule has 0 saturated carbocycles. The molecular weight excluding hydrogens is 84.0 g/mol. The van der Waals surface area contributed by atoms with Crippen LogP contribution in [0, 0.1) is 0 Å². The summed E-state index contributed by atoms with van der Waals surface area (Å²) in [5.74, 6) is -1.00. The van der Waals surface area contributed by atoms with E-state index in [0.717, 1.165) is 0 Å². The Kier molecular flexibility index (Phi) is 0.629. The summed E-state index contributed by atoms with van der Waals surface area (Å²) in [6, 6.07) is 0. The molecule has 3 heteroatoms. The first-order chi connectivity index (χ1) is 2.71. The Labute approximate surface area is 35.4 Å². The lowest BCUT2D eigenvalue weighted by atomic mass is 10.3. The van der Waals surface area contributed by atoms with Crippen molar-refractivity contribution in [1.29, 1.82) is 0 Å². The van der Waals surface area contributed by atoms with Gasteiger partial charge in [-0.05, 0) is 6.92 Å². The molecule has 0 spiro atoms. The Morgan fingerprint density at radius 3 is 2.17 bits per heavy atom. The molecule has 1 aliphatic heterocycles. The van der Waals surface area contributed by atoms with Crippen molar-refractivity contribution < 1.29 is 14.9 Å². The van der Waals surface area contributed by atoms with Gasteiger partial charge in [0.1, 0.15) is 6.61 Å². The van der Waals surface area contributed by atoms with E-state index < -0.39 is 5.79 Å². The number of aliphatic hydroxyl groups is 1. The van der Waals surface area contributed by atoms with Crippen molar-refractivity contribution in [3.8, 4) is 0 Å². The van der Waals surface area contributed by atoms with Crippen LogP contribution in [0.2, 0.25) is 0 Å². The Morgan fingerprint density at radius 1 is 1.83 bits per heavy atom. The summed E-state index contributed by atoms with van der Waals surface area (Å²) in [5.41, 5.74) is 0. The van der Waals surface area contributed by atoms with E-state index in [4.69, 9.17) is 5.11 Å². The third kappa shape index (κ3) is 0.518. The number of rotatable bonds is 0. The molecule has 6 heavy (non-hydrogen) atoms. The van der Waals surface area contributed by atoms with E-state index >= 15 is 0 Å². The minimum absolute atomic E-state index is 0.285. The average Bonchev–Trinajstić information content (AvgIpc) is 1.32. The molecule has 1 rings (SSSR count). The van der Waals surface area contributed by atoms with Gasteiger partial charge in [-0.25, -0.2) is 4.89 Å². The molecule has 0 aromatic carbocycles. The van der Waals surface area contributed by atoms with Gasteiger partial charge in [0.15, 0.2) is 0 Å². The van der Waals surface area contributed by atoms with Gasteiger partial charge in [-0.15, -0.1) is 0 Å². The fourth-order valence-electron chi connectivity index (χ4n) is 0.229. The Bertz CT molecular complexity index is 53.1. The lowest BCUT2D eigenvalue weighted by Crippen LogP contribution is -2.43. The van der Waals surface area contributed by atoms with Crippen molar-refractivity contribution in [2.75, 3.05) is 6.61 Å². The Morgan fingerprint density at radius 2 is 2.17 bits per heavy atom. The van der Waals surface area contributed by atoms with Gasteiger partial charge < -0.3 is 5.11 Å². The van der Waals surface area contributed by atoms with E-state index in [1.807, 2.05) is 0 Å². The molecular formula is C3H6O3. The molecule has 1 saturated heterocycles. The molecule has 1 unspecified atom stereocenters. The molecule has 0 aromatic rings. The van der Waals surface area contributed by atoms with Gasteiger partial charge in [0.2, 0.25) is 5.79 Å². The van der Waals surface area contributed by atoms with Gasteiger partial charge in [0, 0.05) is 0 Å². The van der Waals surface area contributed by atoms with E-state index in [-0.39, 0.29) is 6.61 Å². The number of hydrogen-bond donors (Lipinski definition) is 1. The molecule has 36 valence electrons. The topological polar surface area (TPSA) is 38.7 Å². The van der Waals surface area contributed by atoms with Crippen LogP contribution in [0.1, 0.15) is 6.92 Å². The summed E-state index contributed by atoms with van der Waals surface area (Å²) in [4.78, 5) is 8.36. The molecule has 1 heterocycles. The lowest BCUT2D eigenvalue weighted by molar-refractivity contribution is -0.523. The SMILES string of the molecule is CC1(O)COO1. The van der Waals surface area contributed by atoms with Crippen LogP contribution < -0.4 is 0 Å². The highest BCUT2D eigenvalue weighted by molar-refractivity contribution is 4.58. The van der Waals surface area contributed by atoms with Crippen molar-refractivity contribution in [2.45, 2.75) is 12.7 Å². The highest BCUT2D eigenvalue weighted by atomic mass is 17.3. The maximum absolute atomic E-state index is 8.57. The Hall–Kier alpha value is -0.120. The minimum Gasteiger partial charge on any atom is -0.362 e. The fourth-order valence-corrected chi connectivity index (χ4v) is 0.229. The summed E-state index contributed by atoms with van der Waals surface area (Å²) in [7, 11) is 0. The maximum Gasteiger partial charge on any atom is 0.223 e. The second kappa shape index (κ2) is 0.932. The van der Waals surface area contributed by atoms with Crippen LogP contribution in [-0.4, -0.2) is 17.5 Å². The second-order valence-corrected chi connectivity index (χ2v) is 1.52. The van der Waals surface area contributed by atoms with E-state index in [1.54, 1.807) is 0 Å². The van der Waals surface area contributed by atoms with E-state index in [1.165, 1.54) is 6.92 Å². The molecule has 1 aliphatic rings. The predicted octanol–water partition coefficient (Wildman–Crippen LogP) is -0.343. The number of hydrogen-bond acceptors (Lipinski definition) is 3. The normalized spacial score (nSPS) is 45.0. The fraction of sp³-hybridized carbons (Fsp3) is 1.00. The summed E-state index contributed by atoms with van der Waals surface area (Å²) in [5, 5.41) is 8.57. The van der Waals surface area contributed by atoms with Gasteiger partial charge in [-0.3, -0.25) is 0 Å². The van der Waals surface area contributed by atoms with Crippen LogP contribution in [0.25, 0.3) is 0 Å². The zero-order chi connectivity index (χ0) is 4.62. The van der Waals surface area contributed by atoms with Crippen molar-refractivity contribution in [3.63, 3.8) is 0 Å². The van der Waals surface area contributed by atoms with Crippen LogP contribution >= 0.6 is 0 Å². The second-order valence-electron chi connectivity index (χ2n) is 1.52. The molecule has 0 bridgehead atoms. The van der Waals surface area contributed by atoms with Crippen LogP contribution in [0.3, 0.4) is 0 Å². The standard InChI is InChI=1S/C3H6O3/c1-3(4)2-5-6-3/h4H,2H2,1H3. The van der Waals surface area contributed by atoms with Gasteiger partial charge in [-0.1, -0.05) is 0 Å². The van der Waals surface area contributed by atoms with Crippen LogP contribution in [0.4, 0.5) is 0 Å². The molecule has 0 aliphatic carbocycles. The monoisotopic (exact) mass is 90.0 g/mol. The third-order valence-electron chi connectivity index (χ3n) is 0.565. The predicted molar refractivity (Wildman–Crippen MR) is 17.7 cm³/mol. The third-order valence-corrected chi connectivity index (χ3v) is 0.565. The molecule has 1 atom stereocenters. The van der Waals surface area contributed by atoms with Gasteiger partial charge in [0.05, 0.1) is 0 Å². The van der Waals surface area contributed by atoms with Crippen molar-refractivity contribution in [3.05, 3.63) is 0 Å². The summed E-state index contributed by atoms with van der Waals surface area (Å²) in [6.07, 6.45) is 0. The minimum atomic E-state index is -1.00. The quantitative estimate of drug-likeness (QED) is 0.413. The zero-order valence-electron chi connectivity index (χ0n) is 3.47. The van der Waals surface area contributed by atoms with Crippen molar-refractivity contribution in [1.82, 2.24) is 0 Å². The molecule has 3 nitrogen and oxygen atoms in total. The van der Waals surface area contributed by atoms with Gasteiger partial charge in [-0.2, -0.15) is 4.89 Å². The first kappa shape index (κ1) is 4.05. The van der Waals surface area contributed by atoms with E-state index in [0.29, 0.717) is 0 Å². The molecule has 0 radical (unpaired) electrons. The molecule has 0 aromatic heterocycles. The largest absolute Gasteiger partial charge is 0.362 e. The summed E-state index contributed by atoms with van der Waals surface area (Å²) < 4.78 is 0. The van der Waals surface area contributed by atoms with Crippen molar-refractivity contribution >= 4 is 0 Å². The lowest BCUT2D eigenvalue weighted by Gasteiger charge is -2.29. The van der Waals surface area contributed by atoms with Gasteiger partial charge in [0.25, 0.3) is 0 Å². The molecule has 1 N–H and O–H groups in total. The first-order valence-corrected chi connectivity index (χ1v) is 1.74. The van der Waals surface area contributed by atoms with E-state index in [2.05, 4.69) is 9.78 Å².